The summed E-state index contributed by atoms with van der Waals surface area (Å²) in [5.41, 5.74) is 4.54. The summed E-state index contributed by atoms with van der Waals surface area (Å²) in [5, 5.41) is 10.0. The van der Waals surface area contributed by atoms with Gasteiger partial charge in [0.1, 0.15) is 0 Å². The van der Waals surface area contributed by atoms with Crippen molar-refractivity contribution in [2.24, 2.45) is 11.0 Å². The number of nitrogens with one attached hydrogen (secondary N) is 1. The van der Waals surface area contributed by atoms with Gasteiger partial charge in [-0.1, -0.05) is 19.1 Å². The Balaban J connectivity index is 1.47. The van der Waals surface area contributed by atoms with Crippen LogP contribution in [0.5, 0.6) is 11.5 Å². The normalized spacial score (nSPS) is 15.4. The molecule has 0 saturated heterocycles. The monoisotopic (exact) mass is 458 g/mol. The molecular weight excluding hydrogens is 428 g/mol. The number of methoxy groups -OCH3 is 2. The van der Waals surface area contributed by atoms with Crippen LogP contribution in [0.15, 0.2) is 72.1 Å². The van der Waals surface area contributed by atoms with Crippen LogP contribution in [0.2, 0.25) is 0 Å². The van der Waals surface area contributed by atoms with Gasteiger partial charge in [-0.3, -0.25) is 14.8 Å². The van der Waals surface area contributed by atoms with Crippen LogP contribution < -0.4 is 14.8 Å². The first-order chi connectivity index (χ1) is 16.6. The third-order valence-electron chi connectivity index (χ3n) is 6.04. The van der Waals surface area contributed by atoms with Crippen LogP contribution >= 0.6 is 0 Å². The summed E-state index contributed by atoms with van der Waals surface area (Å²) in [6.07, 6.45) is 5.28. The first kappa shape index (κ1) is 23.3. The molecule has 0 spiro atoms. The van der Waals surface area contributed by atoms with E-state index in [0.29, 0.717) is 29.5 Å². The van der Waals surface area contributed by atoms with E-state index in [-0.39, 0.29) is 5.91 Å². The quantitative estimate of drug-likeness (QED) is 0.515. The number of carbonyl (C=O) groups is 1. The Hall–Kier alpha value is -3.87. The molecule has 2 heterocycles. The fourth-order valence-electron chi connectivity index (χ4n) is 4.13. The van der Waals surface area contributed by atoms with Crippen LogP contribution in [0.1, 0.15) is 41.3 Å². The smallest absolute Gasteiger partial charge is 0.257 e. The number of hydrogen-bond donors (Lipinski definition) is 1. The van der Waals surface area contributed by atoms with Crippen molar-refractivity contribution < 1.29 is 14.3 Å². The molecule has 1 aliphatic heterocycles. The molecule has 7 nitrogen and oxygen atoms in total. The fraction of sp³-hybridized carbons (Fsp3) is 0.296. The molecule has 0 radical (unpaired) electrons. The number of anilines is 1. The topological polar surface area (TPSA) is 76.1 Å². The van der Waals surface area contributed by atoms with Crippen LogP contribution in [-0.4, -0.2) is 42.4 Å². The van der Waals surface area contributed by atoms with Gasteiger partial charge in [-0.2, -0.15) is 5.10 Å². The highest BCUT2D eigenvalue weighted by Gasteiger charge is 2.24. The number of rotatable bonds is 8. The molecular formula is C27H30N4O3. The molecule has 1 N–H and O–H groups in total. The Bertz CT molecular complexity index is 1150. The molecule has 34 heavy (non-hydrogen) atoms. The lowest BCUT2D eigenvalue weighted by atomic mass is 9.90. The highest BCUT2D eigenvalue weighted by molar-refractivity contribution is 6.04. The maximum Gasteiger partial charge on any atom is 0.257 e. The van der Waals surface area contributed by atoms with E-state index in [1.54, 1.807) is 38.7 Å². The van der Waals surface area contributed by atoms with E-state index in [2.05, 4.69) is 22.2 Å². The lowest BCUT2D eigenvalue weighted by molar-refractivity contribution is 0.102. The lowest BCUT2D eigenvalue weighted by Crippen LogP contribution is -2.32. The number of ether oxygens (including phenoxy) is 2. The summed E-state index contributed by atoms with van der Waals surface area (Å²) in [7, 11) is 3.29. The fourth-order valence-corrected chi connectivity index (χ4v) is 4.13. The molecule has 1 aromatic heterocycles. The molecule has 7 heteroatoms. The summed E-state index contributed by atoms with van der Waals surface area (Å²) in [6, 6.07) is 17.4. The predicted octanol–water partition coefficient (Wildman–Crippen LogP) is 4.99. The van der Waals surface area contributed by atoms with Crippen LogP contribution in [0.25, 0.3) is 0 Å². The number of pyridine rings is 1. The van der Waals surface area contributed by atoms with Gasteiger partial charge >= 0.3 is 0 Å². The minimum atomic E-state index is -0.174. The zero-order valence-electron chi connectivity index (χ0n) is 19.8. The molecule has 3 aromatic rings. The van der Waals surface area contributed by atoms with Gasteiger partial charge in [-0.15, -0.1) is 0 Å². The minimum Gasteiger partial charge on any atom is -0.493 e. The van der Waals surface area contributed by atoms with E-state index in [9.17, 15) is 4.79 Å². The summed E-state index contributed by atoms with van der Waals surface area (Å²) >= 11 is 0. The standard InChI is InChI=1S/C27H30N4O3/c1-4-20-13-15-31(30-26(20)21-9-12-24(33-2)25(16-21)34-3)18-19-7-10-23(11-8-19)29-27(32)22-6-5-14-28-17-22/h5-12,14,16-17,20H,4,13,15,18H2,1-3H3,(H,29,32). The van der Waals surface area contributed by atoms with Gasteiger partial charge in [0.25, 0.3) is 5.91 Å². The van der Waals surface area contributed by atoms with E-state index < -0.39 is 0 Å². The highest BCUT2D eigenvalue weighted by Crippen LogP contribution is 2.31. The molecule has 1 atom stereocenters. The summed E-state index contributed by atoms with van der Waals surface area (Å²) in [5.74, 6) is 1.65. The maximum atomic E-state index is 12.3. The van der Waals surface area contributed by atoms with E-state index in [1.807, 2.05) is 42.5 Å². The van der Waals surface area contributed by atoms with Gasteiger partial charge < -0.3 is 14.8 Å². The number of benzene rings is 2. The number of nitrogens with zero attached hydrogens (tertiary/aromatic N) is 3. The van der Waals surface area contributed by atoms with Gasteiger partial charge in [0, 0.05) is 36.1 Å². The minimum absolute atomic E-state index is 0.174. The predicted molar refractivity (Wildman–Crippen MR) is 134 cm³/mol. The summed E-state index contributed by atoms with van der Waals surface area (Å²) < 4.78 is 10.9. The van der Waals surface area contributed by atoms with Crippen LogP contribution in [0.4, 0.5) is 5.69 Å². The molecule has 0 fully saturated rings. The van der Waals surface area contributed by atoms with Crippen molar-refractivity contribution in [2.45, 2.75) is 26.3 Å². The Morgan fingerprint density at radius 2 is 1.88 bits per heavy atom. The van der Waals surface area contributed by atoms with Crippen molar-refractivity contribution in [1.29, 1.82) is 0 Å². The van der Waals surface area contributed by atoms with Crippen molar-refractivity contribution in [3.8, 4) is 11.5 Å². The maximum absolute atomic E-state index is 12.3. The molecule has 1 aliphatic rings. The summed E-state index contributed by atoms with van der Waals surface area (Å²) in [6.45, 7) is 3.80. The molecule has 0 saturated carbocycles. The third-order valence-corrected chi connectivity index (χ3v) is 6.04. The second kappa shape index (κ2) is 10.8. The zero-order chi connectivity index (χ0) is 23.9. The second-order valence-corrected chi connectivity index (χ2v) is 8.23. The average Bonchev–Trinajstić information content (AvgIpc) is 2.89. The number of hydrogen-bond acceptors (Lipinski definition) is 6. The van der Waals surface area contributed by atoms with Crippen molar-refractivity contribution in [1.82, 2.24) is 9.99 Å². The number of aromatic nitrogens is 1. The van der Waals surface area contributed by atoms with Gasteiger partial charge in [-0.05, 0) is 60.9 Å². The highest BCUT2D eigenvalue weighted by atomic mass is 16.5. The van der Waals surface area contributed by atoms with E-state index in [0.717, 1.165) is 41.9 Å². The molecule has 4 rings (SSSR count). The van der Waals surface area contributed by atoms with Gasteiger partial charge in [0.2, 0.25) is 0 Å². The van der Waals surface area contributed by atoms with Gasteiger partial charge in [0.05, 0.1) is 32.0 Å². The number of carbonyl (C=O) groups excluding carboxylic acids is 1. The molecule has 0 bridgehead atoms. The Labute approximate surface area is 200 Å². The lowest BCUT2D eigenvalue weighted by Gasteiger charge is -2.31. The third kappa shape index (κ3) is 5.36. The van der Waals surface area contributed by atoms with E-state index >= 15 is 0 Å². The zero-order valence-corrected chi connectivity index (χ0v) is 19.8. The Morgan fingerprint density at radius 1 is 1.09 bits per heavy atom. The number of hydrazone groups is 1. The van der Waals surface area contributed by atoms with Crippen molar-refractivity contribution >= 4 is 17.3 Å². The average molecular weight is 459 g/mol. The SMILES string of the molecule is CCC1CCN(Cc2ccc(NC(=O)c3cccnc3)cc2)N=C1c1ccc(OC)c(OC)c1. The molecule has 2 aromatic carbocycles. The summed E-state index contributed by atoms with van der Waals surface area (Å²) in [4.78, 5) is 16.3. The van der Waals surface area contributed by atoms with Gasteiger partial charge in [-0.25, -0.2) is 0 Å². The van der Waals surface area contributed by atoms with Crippen molar-refractivity contribution in [2.75, 3.05) is 26.1 Å². The molecule has 1 unspecified atom stereocenters. The first-order valence-corrected chi connectivity index (χ1v) is 11.5. The molecule has 176 valence electrons. The van der Waals surface area contributed by atoms with Crippen molar-refractivity contribution in [3.63, 3.8) is 0 Å². The van der Waals surface area contributed by atoms with Crippen LogP contribution in [0, 0.1) is 5.92 Å². The molecule has 1 amide bonds. The number of amides is 1. The van der Waals surface area contributed by atoms with Gasteiger partial charge in [0.15, 0.2) is 11.5 Å². The van der Waals surface area contributed by atoms with Crippen LogP contribution in [-0.2, 0) is 6.54 Å². The van der Waals surface area contributed by atoms with E-state index in [4.69, 9.17) is 14.6 Å². The Morgan fingerprint density at radius 3 is 2.56 bits per heavy atom. The van der Waals surface area contributed by atoms with E-state index in [1.165, 1.54) is 0 Å². The largest absolute Gasteiger partial charge is 0.493 e. The second-order valence-electron chi connectivity index (χ2n) is 8.23. The molecule has 0 aliphatic carbocycles. The first-order valence-electron chi connectivity index (χ1n) is 11.5. The Kier molecular flexibility index (Phi) is 7.42. The van der Waals surface area contributed by atoms with Crippen molar-refractivity contribution in [3.05, 3.63) is 83.7 Å². The van der Waals surface area contributed by atoms with Crippen LogP contribution in [0.3, 0.4) is 0 Å².